The monoisotopic (exact) mass is 328 g/mol. The molecule has 1 heterocycles. The number of sulfonamides is 1. The Labute approximate surface area is 125 Å². The molecule has 0 radical (unpaired) electrons. The molecule has 0 aliphatic carbocycles. The van der Waals surface area contributed by atoms with E-state index in [1.807, 2.05) is 0 Å². The van der Waals surface area contributed by atoms with Crippen molar-refractivity contribution in [1.82, 2.24) is 4.31 Å². The molecule has 22 heavy (non-hydrogen) atoms. The summed E-state index contributed by atoms with van der Waals surface area (Å²) in [5, 5.41) is 10.6. The number of non-ortho nitro benzene ring substituents is 1. The first-order chi connectivity index (χ1) is 10.3. The van der Waals surface area contributed by atoms with E-state index in [1.165, 1.54) is 0 Å². The topological polar surface area (TPSA) is 124 Å². The van der Waals surface area contributed by atoms with Gasteiger partial charge in [-0.2, -0.15) is 0 Å². The zero-order chi connectivity index (χ0) is 16.5. The van der Waals surface area contributed by atoms with E-state index < -0.39 is 32.9 Å². The zero-order valence-electron chi connectivity index (χ0n) is 11.5. The van der Waals surface area contributed by atoms with Gasteiger partial charge in [-0.3, -0.25) is 14.9 Å². The summed E-state index contributed by atoms with van der Waals surface area (Å²) in [5.41, 5.74) is -0.282. The zero-order valence-corrected chi connectivity index (χ0v) is 12.3. The van der Waals surface area contributed by atoms with Crippen molar-refractivity contribution in [1.29, 1.82) is 0 Å². The molecule has 10 heteroatoms. The van der Waals surface area contributed by atoms with Crippen molar-refractivity contribution < 1.29 is 27.7 Å². The van der Waals surface area contributed by atoms with Crippen molar-refractivity contribution in [2.45, 2.75) is 24.3 Å². The second-order valence-electron chi connectivity index (χ2n) is 4.42. The number of hydrogen-bond acceptors (Lipinski definition) is 7. The number of nitro groups is 1. The van der Waals surface area contributed by atoms with Crippen molar-refractivity contribution in [3.05, 3.63) is 34.4 Å². The summed E-state index contributed by atoms with van der Waals surface area (Å²) in [6.07, 6.45) is -0.245. The van der Waals surface area contributed by atoms with Gasteiger partial charge in [-0.05, 0) is 19.1 Å². The Kier molecular flexibility index (Phi) is 4.13. The van der Waals surface area contributed by atoms with E-state index in [0.717, 1.165) is 24.3 Å². The number of nitro benzene ring substituents is 1. The maximum absolute atomic E-state index is 12.4. The Hall–Kier alpha value is -2.49. The molecule has 9 nitrogen and oxygen atoms in total. The van der Waals surface area contributed by atoms with E-state index in [2.05, 4.69) is 0 Å². The largest absolute Gasteiger partial charge is 0.464 e. The minimum absolute atomic E-state index is 0.0644. The summed E-state index contributed by atoms with van der Waals surface area (Å²) in [4.78, 5) is 32.8. The Balaban J connectivity index is 2.30. The molecule has 1 atom stereocenters. The van der Waals surface area contributed by atoms with Crippen LogP contribution in [0.1, 0.15) is 13.3 Å². The third-order valence-electron chi connectivity index (χ3n) is 3.06. The van der Waals surface area contributed by atoms with E-state index >= 15 is 0 Å². The second-order valence-corrected chi connectivity index (χ2v) is 6.23. The first kappa shape index (κ1) is 15.9. The normalized spacial score (nSPS) is 17.8. The predicted molar refractivity (Wildman–Crippen MR) is 72.2 cm³/mol. The Morgan fingerprint density at radius 1 is 1.41 bits per heavy atom. The molecule has 1 aromatic carbocycles. The lowest BCUT2D eigenvalue weighted by Gasteiger charge is -2.36. The SMILES string of the molecule is CCOC(=O)[C@@H]1CC(=O)N1S(=O)(=O)c1ccc([N+](=O)[O-])cc1. The lowest BCUT2D eigenvalue weighted by molar-refractivity contribution is -0.384. The average molecular weight is 328 g/mol. The molecule has 0 bridgehead atoms. The number of ether oxygens (including phenoxy) is 1. The smallest absolute Gasteiger partial charge is 0.330 e. The number of benzene rings is 1. The maximum atomic E-state index is 12.4. The lowest BCUT2D eigenvalue weighted by atomic mass is 10.1. The van der Waals surface area contributed by atoms with Crippen LogP contribution in [0.15, 0.2) is 29.2 Å². The number of esters is 1. The third-order valence-corrected chi connectivity index (χ3v) is 4.90. The number of hydrogen-bond donors (Lipinski definition) is 0. The average Bonchev–Trinajstić information content (AvgIpc) is 2.44. The van der Waals surface area contributed by atoms with Crippen molar-refractivity contribution in [3.8, 4) is 0 Å². The van der Waals surface area contributed by atoms with Gasteiger partial charge in [-0.1, -0.05) is 0 Å². The van der Waals surface area contributed by atoms with Crippen LogP contribution in [0.4, 0.5) is 5.69 Å². The van der Waals surface area contributed by atoms with Gasteiger partial charge in [-0.25, -0.2) is 17.5 Å². The summed E-state index contributed by atoms with van der Waals surface area (Å²) < 4.78 is 29.9. The van der Waals surface area contributed by atoms with Crippen LogP contribution in [-0.2, 0) is 24.3 Å². The van der Waals surface area contributed by atoms with Gasteiger partial charge in [0.05, 0.1) is 22.8 Å². The first-order valence-corrected chi connectivity index (χ1v) is 7.71. The van der Waals surface area contributed by atoms with Crippen LogP contribution >= 0.6 is 0 Å². The Morgan fingerprint density at radius 2 is 2.00 bits per heavy atom. The number of carbonyl (C=O) groups is 2. The van der Waals surface area contributed by atoms with Gasteiger partial charge < -0.3 is 4.74 Å². The van der Waals surface area contributed by atoms with Gasteiger partial charge in [0, 0.05) is 12.1 Å². The van der Waals surface area contributed by atoms with E-state index in [1.54, 1.807) is 6.92 Å². The molecule has 1 fully saturated rings. The summed E-state index contributed by atoms with van der Waals surface area (Å²) in [6.45, 7) is 1.63. The quantitative estimate of drug-likeness (QED) is 0.332. The van der Waals surface area contributed by atoms with Crippen molar-refractivity contribution in [3.63, 3.8) is 0 Å². The molecule has 0 aromatic heterocycles. The number of amides is 1. The lowest BCUT2D eigenvalue weighted by Crippen LogP contribution is -2.59. The van der Waals surface area contributed by atoms with Crippen molar-refractivity contribution in [2.75, 3.05) is 6.61 Å². The number of nitrogens with zero attached hydrogens (tertiary/aromatic N) is 2. The van der Waals surface area contributed by atoms with E-state index in [0.29, 0.717) is 4.31 Å². The molecule has 1 aliphatic heterocycles. The van der Waals surface area contributed by atoms with Crippen LogP contribution in [0.2, 0.25) is 0 Å². The summed E-state index contributed by atoms with van der Waals surface area (Å²) >= 11 is 0. The minimum atomic E-state index is -4.25. The number of rotatable bonds is 5. The number of carbonyl (C=O) groups excluding carboxylic acids is 2. The fraction of sp³-hybridized carbons (Fsp3) is 0.333. The van der Waals surface area contributed by atoms with Crippen LogP contribution < -0.4 is 0 Å². The minimum Gasteiger partial charge on any atom is -0.464 e. The van der Waals surface area contributed by atoms with Crippen molar-refractivity contribution >= 4 is 27.6 Å². The highest BCUT2D eigenvalue weighted by molar-refractivity contribution is 7.89. The molecule has 1 aliphatic rings. The first-order valence-electron chi connectivity index (χ1n) is 6.27. The highest BCUT2D eigenvalue weighted by Gasteiger charge is 2.49. The number of β-lactam (4-membered cyclic amide) rings is 1. The molecule has 1 saturated heterocycles. The maximum Gasteiger partial charge on any atom is 0.330 e. The predicted octanol–water partition coefficient (Wildman–Crippen LogP) is 0.447. The van der Waals surface area contributed by atoms with Gasteiger partial charge in [0.15, 0.2) is 6.04 Å². The summed E-state index contributed by atoms with van der Waals surface area (Å²) in [6, 6.07) is 2.86. The Morgan fingerprint density at radius 3 is 2.45 bits per heavy atom. The highest BCUT2D eigenvalue weighted by atomic mass is 32.2. The van der Waals surface area contributed by atoms with Gasteiger partial charge in [0.1, 0.15) is 0 Å². The van der Waals surface area contributed by atoms with Crippen LogP contribution in [-0.4, -0.2) is 42.2 Å². The van der Waals surface area contributed by atoms with Crippen LogP contribution in [0, 0.1) is 10.1 Å². The van der Waals surface area contributed by atoms with Crippen LogP contribution in [0.3, 0.4) is 0 Å². The van der Waals surface area contributed by atoms with E-state index in [9.17, 15) is 28.1 Å². The molecular formula is C12H12N2O7S. The van der Waals surface area contributed by atoms with E-state index in [4.69, 9.17) is 4.74 Å². The molecular weight excluding hydrogens is 316 g/mol. The fourth-order valence-electron chi connectivity index (χ4n) is 1.97. The van der Waals surface area contributed by atoms with Gasteiger partial charge in [0.2, 0.25) is 5.91 Å². The Bertz CT molecular complexity index is 726. The molecule has 0 spiro atoms. The standard InChI is InChI=1S/C12H12N2O7S/c1-2-21-12(16)10-7-11(15)13(10)22(19,20)9-5-3-8(4-6-9)14(17)18/h3-6,10H,2,7H2,1H3/t10-/m0/s1. The molecule has 1 aromatic rings. The fourth-order valence-corrected chi connectivity index (χ4v) is 3.52. The van der Waals surface area contributed by atoms with E-state index in [-0.39, 0.29) is 23.6 Å². The van der Waals surface area contributed by atoms with Gasteiger partial charge >= 0.3 is 5.97 Å². The molecule has 0 unspecified atom stereocenters. The van der Waals surface area contributed by atoms with Gasteiger partial charge in [-0.15, -0.1) is 0 Å². The summed E-state index contributed by atoms with van der Waals surface area (Å²) in [5.74, 6) is -1.52. The second kappa shape index (κ2) is 5.72. The third kappa shape index (κ3) is 2.64. The van der Waals surface area contributed by atoms with Crippen LogP contribution in [0.25, 0.3) is 0 Å². The molecule has 1 amide bonds. The highest BCUT2D eigenvalue weighted by Crippen LogP contribution is 2.29. The molecule has 2 rings (SSSR count). The molecule has 0 saturated carbocycles. The molecule has 0 N–H and O–H groups in total. The molecule has 118 valence electrons. The van der Waals surface area contributed by atoms with Gasteiger partial charge in [0.25, 0.3) is 15.7 Å². The summed E-state index contributed by atoms with van der Waals surface area (Å²) in [7, 11) is -4.25. The van der Waals surface area contributed by atoms with Crippen LogP contribution in [0.5, 0.6) is 0 Å². The van der Waals surface area contributed by atoms with Crippen molar-refractivity contribution in [2.24, 2.45) is 0 Å².